The van der Waals surface area contributed by atoms with Gasteiger partial charge in [0.25, 0.3) is 0 Å². The number of esters is 1. The molecule has 0 aromatic heterocycles. The molecule has 1 aromatic carbocycles. The second kappa shape index (κ2) is 5.71. The molecule has 0 fully saturated rings. The highest BCUT2D eigenvalue weighted by atomic mass is 16.5. The van der Waals surface area contributed by atoms with E-state index in [9.17, 15) is 4.79 Å². The van der Waals surface area contributed by atoms with Gasteiger partial charge in [0.1, 0.15) is 11.9 Å². The van der Waals surface area contributed by atoms with Crippen LogP contribution in [0.1, 0.15) is 31.2 Å². The lowest BCUT2D eigenvalue weighted by Gasteiger charge is -2.27. The molecule has 3 heteroatoms. The standard InChI is InChI=1S/C15H18O3/c1-11(16)18-15-6-4-3-5-14(15)12-7-9-13(17-2)10-8-12/h3,5,7-10,14-15H,4,6H2,1-2H3/t14-,15+/m0/s1. The normalized spacial score (nSPS) is 22.6. The van der Waals surface area contributed by atoms with E-state index in [1.807, 2.05) is 24.3 Å². The van der Waals surface area contributed by atoms with Crippen molar-refractivity contribution in [2.45, 2.75) is 31.8 Å². The number of carbonyl (C=O) groups is 1. The van der Waals surface area contributed by atoms with E-state index in [2.05, 4.69) is 12.2 Å². The average Bonchev–Trinajstić information content (AvgIpc) is 2.39. The molecule has 0 amide bonds. The summed E-state index contributed by atoms with van der Waals surface area (Å²) in [6.45, 7) is 1.46. The smallest absolute Gasteiger partial charge is 0.302 e. The van der Waals surface area contributed by atoms with Crippen molar-refractivity contribution in [1.82, 2.24) is 0 Å². The number of carbonyl (C=O) groups excluding carboxylic acids is 1. The highest BCUT2D eigenvalue weighted by Crippen LogP contribution is 2.31. The molecule has 0 heterocycles. The molecule has 18 heavy (non-hydrogen) atoms. The van der Waals surface area contributed by atoms with Gasteiger partial charge in [-0.2, -0.15) is 0 Å². The first-order chi connectivity index (χ1) is 8.70. The van der Waals surface area contributed by atoms with Crippen molar-refractivity contribution in [2.75, 3.05) is 7.11 Å². The van der Waals surface area contributed by atoms with Crippen molar-refractivity contribution in [2.24, 2.45) is 0 Å². The van der Waals surface area contributed by atoms with E-state index in [-0.39, 0.29) is 18.0 Å². The van der Waals surface area contributed by atoms with Gasteiger partial charge >= 0.3 is 5.97 Å². The van der Waals surface area contributed by atoms with Crippen molar-refractivity contribution >= 4 is 5.97 Å². The van der Waals surface area contributed by atoms with Gasteiger partial charge in [-0.3, -0.25) is 4.79 Å². The molecular formula is C15H18O3. The molecule has 0 N–H and O–H groups in total. The first-order valence-electron chi connectivity index (χ1n) is 6.18. The maximum absolute atomic E-state index is 11.1. The fourth-order valence-electron chi connectivity index (χ4n) is 2.30. The monoisotopic (exact) mass is 246 g/mol. The first-order valence-corrected chi connectivity index (χ1v) is 6.18. The van der Waals surface area contributed by atoms with E-state index in [1.165, 1.54) is 6.92 Å². The predicted octanol–water partition coefficient (Wildman–Crippen LogP) is 3.06. The molecule has 3 nitrogen and oxygen atoms in total. The Morgan fingerprint density at radius 1 is 1.28 bits per heavy atom. The minimum atomic E-state index is -0.214. The molecule has 0 radical (unpaired) electrons. The third-order valence-corrected chi connectivity index (χ3v) is 3.18. The summed E-state index contributed by atoms with van der Waals surface area (Å²) in [5.41, 5.74) is 1.15. The van der Waals surface area contributed by atoms with Crippen molar-refractivity contribution < 1.29 is 14.3 Å². The summed E-state index contributed by atoms with van der Waals surface area (Å²) < 4.78 is 10.5. The van der Waals surface area contributed by atoms with E-state index < -0.39 is 0 Å². The number of allylic oxidation sites excluding steroid dienone is 1. The molecule has 0 bridgehead atoms. The molecule has 2 rings (SSSR count). The quantitative estimate of drug-likeness (QED) is 0.607. The Morgan fingerprint density at radius 2 is 2.00 bits per heavy atom. The summed E-state index contributed by atoms with van der Waals surface area (Å²) in [6, 6.07) is 7.91. The molecule has 96 valence electrons. The van der Waals surface area contributed by atoms with Gasteiger partial charge in [-0.05, 0) is 30.5 Å². The van der Waals surface area contributed by atoms with Crippen LogP contribution >= 0.6 is 0 Å². The highest BCUT2D eigenvalue weighted by Gasteiger charge is 2.25. The lowest BCUT2D eigenvalue weighted by Crippen LogP contribution is -2.25. The minimum Gasteiger partial charge on any atom is -0.497 e. The molecule has 2 atom stereocenters. The maximum atomic E-state index is 11.1. The van der Waals surface area contributed by atoms with E-state index in [0.29, 0.717) is 0 Å². The number of hydrogen-bond donors (Lipinski definition) is 0. The second-order valence-corrected chi connectivity index (χ2v) is 4.45. The summed E-state index contributed by atoms with van der Waals surface area (Å²) >= 11 is 0. The molecular weight excluding hydrogens is 228 g/mol. The van der Waals surface area contributed by atoms with Gasteiger partial charge in [0, 0.05) is 12.8 Å². The van der Waals surface area contributed by atoms with Crippen LogP contribution in [0.5, 0.6) is 5.75 Å². The van der Waals surface area contributed by atoms with Crippen LogP contribution < -0.4 is 4.74 Å². The maximum Gasteiger partial charge on any atom is 0.302 e. The summed E-state index contributed by atoms with van der Waals surface area (Å²) in [6.07, 6.45) is 6.06. The summed E-state index contributed by atoms with van der Waals surface area (Å²) in [5, 5.41) is 0. The topological polar surface area (TPSA) is 35.5 Å². The molecule has 0 aliphatic heterocycles. The zero-order valence-electron chi connectivity index (χ0n) is 10.8. The number of benzene rings is 1. The molecule has 0 saturated heterocycles. The van der Waals surface area contributed by atoms with E-state index >= 15 is 0 Å². The Labute approximate surface area is 107 Å². The van der Waals surface area contributed by atoms with Crippen LogP contribution in [0.4, 0.5) is 0 Å². The van der Waals surface area contributed by atoms with Crippen molar-refractivity contribution in [3.05, 3.63) is 42.0 Å². The number of hydrogen-bond acceptors (Lipinski definition) is 3. The molecule has 0 unspecified atom stereocenters. The Bertz CT molecular complexity index is 434. The van der Waals surface area contributed by atoms with Crippen LogP contribution in [0.2, 0.25) is 0 Å². The third-order valence-electron chi connectivity index (χ3n) is 3.18. The van der Waals surface area contributed by atoms with Gasteiger partial charge in [0.2, 0.25) is 0 Å². The van der Waals surface area contributed by atoms with Gasteiger partial charge in [-0.1, -0.05) is 24.3 Å². The summed E-state index contributed by atoms with van der Waals surface area (Å²) in [7, 11) is 1.65. The van der Waals surface area contributed by atoms with Crippen molar-refractivity contribution in [3.63, 3.8) is 0 Å². The van der Waals surface area contributed by atoms with Gasteiger partial charge < -0.3 is 9.47 Å². The fraction of sp³-hybridized carbons (Fsp3) is 0.400. The van der Waals surface area contributed by atoms with Crippen LogP contribution in [-0.2, 0) is 9.53 Å². The Morgan fingerprint density at radius 3 is 2.61 bits per heavy atom. The van der Waals surface area contributed by atoms with Gasteiger partial charge in [0.05, 0.1) is 7.11 Å². The Kier molecular flexibility index (Phi) is 4.03. The minimum absolute atomic E-state index is 0.0547. The lowest BCUT2D eigenvalue weighted by atomic mass is 9.86. The van der Waals surface area contributed by atoms with Crippen LogP contribution in [0.15, 0.2) is 36.4 Å². The van der Waals surface area contributed by atoms with Crippen molar-refractivity contribution in [1.29, 1.82) is 0 Å². The van der Waals surface area contributed by atoms with E-state index in [0.717, 1.165) is 24.2 Å². The number of methoxy groups -OCH3 is 1. The second-order valence-electron chi connectivity index (χ2n) is 4.45. The predicted molar refractivity (Wildman–Crippen MR) is 69.7 cm³/mol. The first kappa shape index (κ1) is 12.7. The van der Waals surface area contributed by atoms with Gasteiger partial charge in [-0.15, -0.1) is 0 Å². The zero-order chi connectivity index (χ0) is 13.0. The molecule has 1 aromatic rings. The summed E-state index contributed by atoms with van der Waals surface area (Å²) in [5.74, 6) is 0.768. The van der Waals surface area contributed by atoms with Crippen molar-refractivity contribution in [3.8, 4) is 5.75 Å². The number of ether oxygens (including phenoxy) is 2. The third kappa shape index (κ3) is 2.92. The Hall–Kier alpha value is -1.77. The molecule has 0 spiro atoms. The van der Waals surface area contributed by atoms with Gasteiger partial charge in [-0.25, -0.2) is 0 Å². The van der Waals surface area contributed by atoms with Gasteiger partial charge in [0.15, 0.2) is 0 Å². The number of rotatable bonds is 3. The largest absolute Gasteiger partial charge is 0.497 e. The molecule has 1 aliphatic carbocycles. The lowest BCUT2D eigenvalue weighted by molar-refractivity contribution is -0.147. The van der Waals surface area contributed by atoms with E-state index in [1.54, 1.807) is 7.11 Å². The van der Waals surface area contributed by atoms with Crippen LogP contribution in [-0.4, -0.2) is 19.2 Å². The SMILES string of the molecule is COc1ccc([C@@H]2C=CCC[C@H]2OC(C)=O)cc1. The molecule has 1 aliphatic rings. The molecule has 0 saturated carbocycles. The van der Waals surface area contributed by atoms with Crippen LogP contribution in [0.3, 0.4) is 0 Å². The van der Waals surface area contributed by atoms with Crippen LogP contribution in [0.25, 0.3) is 0 Å². The van der Waals surface area contributed by atoms with E-state index in [4.69, 9.17) is 9.47 Å². The summed E-state index contributed by atoms with van der Waals surface area (Å²) in [4.78, 5) is 11.1. The fourth-order valence-corrected chi connectivity index (χ4v) is 2.30. The zero-order valence-corrected chi connectivity index (χ0v) is 10.8. The average molecular weight is 246 g/mol. The highest BCUT2D eigenvalue weighted by molar-refractivity contribution is 5.66. The Balaban J connectivity index is 2.19. The van der Waals surface area contributed by atoms with Crippen LogP contribution in [0, 0.1) is 0 Å².